The standard InChI is InChI=1S/C18H18ClN5O2S/c1-2-26-16-9-12(7-8-15(16)25)10-20-22-17-21-18(24-23-17)27-11-13-5-3-4-6-14(13)19/h3-10,25H,2,11H2,1H3,(H2,21,22,23,24)/b20-10+. The number of benzene rings is 2. The van der Waals surface area contributed by atoms with Gasteiger partial charge in [0.2, 0.25) is 11.1 Å². The van der Waals surface area contributed by atoms with Crippen molar-refractivity contribution in [2.45, 2.75) is 17.8 Å². The number of nitrogens with zero attached hydrogens (tertiary/aromatic N) is 3. The summed E-state index contributed by atoms with van der Waals surface area (Å²) < 4.78 is 5.34. The molecule has 2 aromatic carbocycles. The number of hydrogen-bond donors (Lipinski definition) is 3. The fourth-order valence-corrected chi connectivity index (χ4v) is 3.25. The van der Waals surface area contributed by atoms with E-state index in [2.05, 4.69) is 25.7 Å². The van der Waals surface area contributed by atoms with Gasteiger partial charge in [-0.25, -0.2) is 10.5 Å². The molecule has 3 N–H and O–H groups in total. The Morgan fingerprint density at radius 1 is 1.33 bits per heavy atom. The van der Waals surface area contributed by atoms with Crippen LogP contribution in [0.4, 0.5) is 5.95 Å². The molecule has 0 saturated carbocycles. The molecule has 0 spiro atoms. The van der Waals surface area contributed by atoms with Gasteiger partial charge in [-0.1, -0.05) is 41.6 Å². The number of nitrogens with one attached hydrogen (secondary N) is 2. The average Bonchev–Trinajstić information content (AvgIpc) is 3.12. The van der Waals surface area contributed by atoms with Crippen molar-refractivity contribution in [3.05, 3.63) is 58.6 Å². The smallest absolute Gasteiger partial charge is 0.240 e. The number of hydrazone groups is 1. The third-order valence-electron chi connectivity index (χ3n) is 3.45. The van der Waals surface area contributed by atoms with Crippen LogP contribution < -0.4 is 10.2 Å². The minimum absolute atomic E-state index is 0.0948. The van der Waals surface area contributed by atoms with Crippen LogP contribution in [0.5, 0.6) is 11.5 Å². The molecule has 27 heavy (non-hydrogen) atoms. The van der Waals surface area contributed by atoms with Crippen LogP contribution in [-0.4, -0.2) is 33.1 Å². The number of halogens is 1. The quantitative estimate of drug-likeness (QED) is 0.295. The maximum Gasteiger partial charge on any atom is 0.240 e. The number of phenols is 1. The molecule has 3 aromatic rings. The highest BCUT2D eigenvalue weighted by Crippen LogP contribution is 2.26. The number of anilines is 1. The maximum atomic E-state index is 9.70. The number of rotatable bonds is 8. The highest BCUT2D eigenvalue weighted by Gasteiger charge is 2.06. The molecule has 0 aliphatic rings. The first-order valence-corrected chi connectivity index (χ1v) is 9.55. The number of thioether (sulfide) groups is 1. The van der Waals surface area contributed by atoms with Crippen molar-refractivity contribution in [1.82, 2.24) is 15.2 Å². The molecule has 0 fully saturated rings. The third kappa shape index (κ3) is 5.38. The zero-order chi connectivity index (χ0) is 19.1. The lowest BCUT2D eigenvalue weighted by Gasteiger charge is -2.05. The van der Waals surface area contributed by atoms with Crippen molar-refractivity contribution in [3.63, 3.8) is 0 Å². The fraction of sp³-hybridized carbons (Fsp3) is 0.167. The number of aromatic amines is 1. The van der Waals surface area contributed by atoms with Gasteiger partial charge in [-0.15, -0.1) is 5.10 Å². The second kappa shape index (κ2) is 9.29. The zero-order valence-corrected chi connectivity index (χ0v) is 16.1. The summed E-state index contributed by atoms with van der Waals surface area (Å²) in [5.74, 6) is 1.61. The van der Waals surface area contributed by atoms with Crippen LogP contribution in [0.25, 0.3) is 0 Å². The van der Waals surface area contributed by atoms with Gasteiger partial charge in [-0.05, 0) is 42.3 Å². The normalized spacial score (nSPS) is 11.0. The SMILES string of the molecule is CCOc1cc(/C=N/Nc2nc(SCc3ccccc3Cl)n[nH]2)ccc1O. The van der Waals surface area contributed by atoms with Crippen LogP contribution in [0.3, 0.4) is 0 Å². The van der Waals surface area contributed by atoms with E-state index in [4.69, 9.17) is 16.3 Å². The molecule has 0 bridgehead atoms. The van der Waals surface area contributed by atoms with E-state index in [1.165, 1.54) is 11.8 Å². The molecule has 1 heterocycles. The lowest BCUT2D eigenvalue weighted by Crippen LogP contribution is -1.95. The molecule has 0 aliphatic heterocycles. The number of hydrogen-bond acceptors (Lipinski definition) is 7. The molecule has 0 saturated heterocycles. The van der Waals surface area contributed by atoms with E-state index >= 15 is 0 Å². The van der Waals surface area contributed by atoms with Crippen molar-refractivity contribution in [2.75, 3.05) is 12.0 Å². The first-order valence-electron chi connectivity index (χ1n) is 8.19. The monoisotopic (exact) mass is 403 g/mol. The lowest BCUT2D eigenvalue weighted by molar-refractivity contribution is 0.318. The van der Waals surface area contributed by atoms with Crippen LogP contribution >= 0.6 is 23.4 Å². The second-order valence-electron chi connectivity index (χ2n) is 5.38. The lowest BCUT2D eigenvalue weighted by atomic mass is 10.2. The number of H-pyrrole nitrogens is 1. The first-order chi connectivity index (χ1) is 13.2. The van der Waals surface area contributed by atoms with Crippen LogP contribution in [0.1, 0.15) is 18.1 Å². The van der Waals surface area contributed by atoms with E-state index in [1.54, 1.807) is 24.4 Å². The highest BCUT2D eigenvalue weighted by molar-refractivity contribution is 7.98. The van der Waals surface area contributed by atoms with Gasteiger partial charge in [0.05, 0.1) is 12.8 Å². The van der Waals surface area contributed by atoms with Crippen LogP contribution in [0, 0.1) is 0 Å². The molecule has 0 radical (unpaired) electrons. The molecule has 9 heteroatoms. The number of aromatic hydroxyl groups is 1. The minimum Gasteiger partial charge on any atom is -0.504 e. The Balaban J connectivity index is 1.55. The third-order valence-corrected chi connectivity index (χ3v) is 4.71. The predicted molar refractivity (Wildman–Crippen MR) is 108 cm³/mol. The van der Waals surface area contributed by atoms with Crippen LogP contribution in [0.2, 0.25) is 5.02 Å². The van der Waals surface area contributed by atoms with Gasteiger partial charge in [0.25, 0.3) is 0 Å². The van der Waals surface area contributed by atoms with Crippen molar-refractivity contribution in [1.29, 1.82) is 0 Å². The van der Waals surface area contributed by atoms with Crippen molar-refractivity contribution < 1.29 is 9.84 Å². The molecule has 7 nitrogen and oxygen atoms in total. The van der Waals surface area contributed by atoms with Crippen molar-refractivity contribution in [2.24, 2.45) is 5.10 Å². The van der Waals surface area contributed by atoms with E-state index in [0.29, 0.717) is 29.2 Å². The molecule has 0 atom stereocenters. The summed E-state index contributed by atoms with van der Waals surface area (Å²) in [7, 11) is 0. The number of ether oxygens (including phenoxy) is 1. The van der Waals surface area contributed by atoms with Crippen LogP contribution in [-0.2, 0) is 5.75 Å². The highest BCUT2D eigenvalue weighted by atomic mass is 35.5. The van der Waals surface area contributed by atoms with Crippen LogP contribution in [0.15, 0.2) is 52.7 Å². The number of phenolic OH excluding ortho intramolecular Hbond substituents is 1. The van der Waals surface area contributed by atoms with Gasteiger partial charge < -0.3 is 9.84 Å². The van der Waals surface area contributed by atoms with Gasteiger partial charge in [-0.2, -0.15) is 10.1 Å². The molecule has 3 rings (SSSR count). The minimum atomic E-state index is 0.0948. The second-order valence-corrected chi connectivity index (χ2v) is 6.73. The first kappa shape index (κ1) is 19.1. The summed E-state index contributed by atoms with van der Waals surface area (Å²) in [6.45, 7) is 2.33. The van der Waals surface area contributed by atoms with E-state index in [-0.39, 0.29) is 5.75 Å². The molecular weight excluding hydrogens is 386 g/mol. The summed E-state index contributed by atoms with van der Waals surface area (Å²) in [5, 5.41) is 22.0. The Bertz CT molecular complexity index is 932. The van der Waals surface area contributed by atoms with E-state index < -0.39 is 0 Å². The largest absolute Gasteiger partial charge is 0.504 e. The van der Waals surface area contributed by atoms with Gasteiger partial charge >= 0.3 is 0 Å². The van der Waals surface area contributed by atoms with Gasteiger partial charge in [0, 0.05) is 10.8 Å². The Kier molecular flexibility index (Phi) is 6.56. The van der Waals surface area contributed by atoms with E-state index in [1.807, 2.05) is 31.2 Å². The summed E-state index contributed by atoms with van der Waals surface area (Å²) in [5.41, 5.74) is 4.59. The maximum absolute atomic E-state index is 9.70. The number of aromatic nitrogens is 3. The van der Waals surface area contributed by atoms with Crippen molar-refractivity contribution >= 4 is 35.5 Å². The Labute approximate surface area is 165 Å². The van der Waals surface area contributed by atoms with Gasteiger partial charge in [-0.3, -0.25) is 0 Å². The zero-order valence-electron chi connectivity index (χ0n) is 14.5. The molecule has 0 amide bonds. The topological polar surface area (TPSA) is 95.4 Å². The fourth-order valence-electron chi connectivity index (χ4n) is 2.17. The average molecular weight is 404 g/mol. The summed E-state index contributed by atoms with van der Waals surface area (Å²) in [6, 6.07) is 12.7. The van der Waals surface area contributed by atoms with Crippen molar-refractivity contribution in [3.8, 4) is 11.5 Å². The molecule has 1 aromatic heterocycles. The summed E-state index contributed by atoms with van der Waals surface area (Å²) in [4.78, 5) is 4.31. The van der Waals surface area contributed by atoms with Gasteiger partial charge in [0.15, 0.2) is 11.5 Å². The summed E-state index contributed by atoms with van der Waals surface area (Å²) >= 11 is 7.62. The Morgan fingerprint density at radius 3 is 3.00 bits per heavy atom. The Morgan fingerprint density at radius 2 is 2.19 bits per heavy atom. The Hall–Kier alpha value is -2.71. The summed E-state index contributed by atoms with van der Waals surface area (Å²) in [6.07, 6.45) is 1.60. The predicted octanol–water partition coefficient (Wildman–Crippen LogP) is 4.30. The molecule has 140 valence electrons. The van der Waals surface area contributed by atoms with Gasteiger partial charge in [0.1, 0.15) is 0 Å². The molecule has 0 unspecified atom stereocenters. The van der Waals surface area contributed by atoms with E-state index in [0.717, 1.165) is 16.1 Å². The molecular formula is C18H18ClN5O2S. The van der Waals surface area contributed by atoms with E-state index in [9.17, 15) is 5.11 Å². The molecule has 0 aliphatic carbocycles.